The average molecular weight is 578 g/mol. The standard InChI is InChI=1S/C22H33N3O.C12H15FN2O/c1-7-17(3)20(15-23-18(4)8-2)12-13-22(26)24-21-11-9-10-19(14-21)16-25(5)6;13-11-3-1-2-10(8-11)9-4-6-15(7-5-9)12(14)16/h7-11,14-15,23H,12-13,16H2,1-6H3,(H,24,26);1-3,8-9H,4-7H2,(H2,14,16)/b17-7+,18-8+,20-15-;. The Hall–Kier alpha value is -3.91. The smallest absolute Gasteiger partial charge is 0.314 e. The van der Waals surface area contributed by atoms with Crippen molar-refractivity contribution in [2.24, 2.45) is 5.73 Å². The molecule has 228 valence electrons. The van der Waals surface area contributed by atoms with Gasteiger partial charge in [0, 0.05) is 43.6 Å². The molecule has 1 saturated heterocycles. The second-order valence-corrected chi connectivity index (χ2v) is 10.9. The number of nitrogens with two attached hydrogens (primary N) is 1. The van der Waals surface area contributed by atoms with Crippen molar-refractivity contribution in [1.29, 1.82) is 0 Å². The molecule has 0 atom stereocenters. The third-order valence-corrected chi connectivity index (χ3v) is 7.30. The molecule has 0 unspecified atom stereocenters. The van der Waals surface area contributed by atoms with Gasteiger partial charge in [-0.25, -0.2) is 9.18 Å². The van der Waals surface area contributed by atoms with Crippen LogP contribution in [0.3, 0.4) is 0 Å². The lowest BCUT2D eigenvalue weighted by Crippen LogP contribution is -2.41. The predicted molar refractivity (Wildman–Crippen MR) is 171 cm³/mol. The number of primary amides is 1. The molecule has 1 fully saturated rings. The van der Waals surface area contributed by atoms with E-state index >= 15 is 0 Å². The Morgan fingerprint density at radius 1 is 1.02 bits per heavy atom. The number of piperidine rings is 1. The minimum atomic E-state index is -0.363. The van der Waals surface area contributed by atoms with Gasteiger partial charge in [-0.1, -0.05) is 42.0 Å². The first-order valence-electron chi connectivity index (χ1n) is 14.6. The topological polar surface area (TPSA) is 90.7 Å². The van der Waals surface area contributed by atoms with Crippen molar-refractivity contribution in [2.75, 3.05) is 32.5 Å². The zero-order valence-electron chi connectivity index (χ0n) is 26.0. The minimum Gasteiger partial charge on any atom is -0.365 e. The van der Waals surface area contributed by atoms with E-state index < -0.39 is 0 Å². The largest absolute Gasteiger partial charge is 0.365 e. The first-order chi connectivity index (χ1) is 20.0. The fraction of sp³-hybridized carbons (Fsp3) is 0.412. The summed E-state index contributed by atoms with van der Waals surface area (Å²) < 4.78 is 13.0. The number of carbonyl (C=O) groups is 2. The lowest BCUT2D eigenvalue weighted by Gasteiger charge is -2.30. The van der Waals surface area contributed by atoms with Crippen LogP contribution in [0.1, 0.15) is 70.4 Å². The van der Waals surface area contributed by atoms with Gasteiger partial charge in [-0.3, -0.25) is 4.79 Å². The van der Waals surface area contributed by atoms with E-state index in [4.69, 9.17) is 5.73 Å². The first-order valence-corrected chi connectivity index (χ1v) is 14.6. The number of allylic oxidation sites excluding steroid dienone is 5. The molecule has 0 spiro atoms. The normalized spacial score (nSPS) is 14.8. The molecule has 0 aromatic heterocycles. The van der Waals surface area contributed by atoms with Crippen LogP contribution in [0.5, 0.6) is 0 Å². The van der Waals surface area contributed by atoms with Gasteiger partial charge in [0.2, 0.25) is 5.91 Å². The lowest BCUT2D eigenvalue weighted by molar-refractivity contribution is -0.116. The number of halogens is 1. The van der Waals surface area contributed by atoms with E-state index in [1.165, 1.54) is 17.2 Å². The summed E-state index contributed by atoms with van der Waals surface area (Å²) in [7, 11) is 4.07. The van der Waals surface area contributed by atoms with Gasteiger partial charge in [-0.15, -0.1) is 0 Å². The van der Waals surface area contributed by atoms with Crippen LogP contribution in [-0.4, -0.2) is 48.9 Å². The van der Waals surface area contributed by atoms with E-state index in [0.29, 0.717) is 31.8 Å². The van der Waals surface area contributed by atoms with Crippen LogP contribution in [-0.2, 0) is 11.3 Å². The molecule has 7 nitrogen and oxygen atoms in total. The van der Waals surface area contributed by atoms with Crippen molar-refractivity contribution in [3.63, 3.8) is 0 Å². The van der Waals surface area contributed by atoms with E-state index in [0.717, 1.165) is 41.9 Å². The van der Waals surface area contributed by atoms with Crippen molar-refractivity contribution in [1.82, 2.24) is 15.1 Å². The van der Waals surface area contributed by atoms with Crippen molar-refractivity contribution < 1.29 is 14.0 Å². The molecule has 1 aliphatic rings. The number of amides is 3. The number of nitrogens with one attached hydrogen (secondary N) is 2. The summed E-state index contributed by atoms with van der Waals surface area (Å²) in [5.41, 5.74) is 11.7. The minimum absolute atomic E-state index is 0.0320. The van der Waals surface area contributed by atoms with E-state index in [2.05, 4.69) is 34.6 Å². The quantitative estimate of drug-likeness (QED) is 0.268. The van der Waals surface area contributed by atoms with Crippen LogP contribution in [0.2, 0.25) is 0 Å². The zero-order valence-corrected chi connectivity index (χ0v) is 26.0. The van der Waals surface area contributed by atoms with Crippen molar-refractivity contribution in [3.05, 3.63) is 101 Å². The number of benzene rings is 2. The summed E-state index contributed by atoms with van der Waals surface area (Å²) >= 11 is 0. The fourth-order valence-electron chi connectivity index (χ4n) is 4.63. The molecule has 42 heavy (non-hydrogen) atoms. The van der Waals surface area contributed by atoms with Crippen LogP contribution < -0.4 is 16.4 Å². The number of urea groups is 1. The van der Waals surface area contributed by atoms with Crippen LogP contribution in [0.15, 0.2) is 83.7 Å². The number of rotatable bonds is 10. The van der Waals surface area contributed by atoms with Gasteiger partial charge < -0.3 is 26.2 Å². The third-order valence-electron chi connectivity index (χ3n) is 7.30. The molecule has 1 aliphatic heterocycles. The monoisotopic (exact) mass is 577 g/mol. The number of carbonyl (C=O) groups excluding carboxylic acids is 2. The fourth-order valence-corrected chi connectivity index (χ4v) is 4.63. The molecular formula is C34H48FN5O2. The highest BCUT2D eigenvalue weighted by Crippen LogP contribution is 2.28. The van der Waals surface area contributed by atoms with Crippen LogP contribution in [0, 0.1) is 5.82 Å². The molecule has 2 aromatic rings. The summed E-state index contributed by atoms with van der Waals surface area (Å²) in [6.07, 6.45) is 8.94. The summed E-state index contributed by atoms with van der Waals surface area (Å²) in [6.45, 7) is 10.3. The first kappa shape index (κ1) is 34.3. The summed E-state index contributed by atoms with van der Waals surface area (Å²) in [6, 6.07) is 14.3. The molecule has 0 radical (unpaired) electrons. The Balaban J connectivity index is 0.000000327. The van der Waals surface area contributed by atoms with Gasteiger partial charge in [-0.2, -0.15) is 0 Å². The molecule has 2 aromatic carbocycles. The third kappa shape index (κ3) is 12.3. The van der Waals surface area contributed by atoms with Crippen molar-refractivity contribution >= 4 is 17.6 Å². The molecule has 3 amide bonds. The Morgan fingerprint density at radius 3 is 2.31 bits per heavy atom. The van der Waals surface area contributed by atoms with Crippen LogP contribution in [0.25, 0.3) is 0 Å². The van der Waals surface area contributed by atoms with Gasteiger partial charge >= 0.3 is 6.03 Å². The SMILES string of the molecule is C/C=C(\C)N/C=C(CCC(=O)Nc1cccc(CN(C)C)c1)\C(C)=C\C.NC(=O)N1CCC(c2cccc(F)c2)CC1. The molecule has 1 heterocycles. The van der Waals surface area contributed by atoms with E-state index in [9.17, 15) is 14.0 Å². The second kappa shape index (κ2) is 17.8. The number of hydrogen-bond acceptors (Lipinski definition) is 4. The van der Waals surface area contributed by atoms with Gasteiger partial charge in [0.25, 0.3) is 0 Å². The van der Waals surface area contributed by atoms with Gasteiger partial charge in [0.15, 0.2) is 0 Å². The van der Waals surface area contributed by atoms with Crippen molar-refractivity contribution in [2.45, 2.75) is 65.8 Å². The zero-order chi connectivity index (χ0) is 31.1. The molecule has 0 saturated carbocycles. The van der Waals surface area contributed by atoms with E-state index in [1.54, 1.807) is 17.0 Å². The second-order valence-electron chi connectivity index (χ2n) is 10.9. The molecular weight excluding hydrogens is 529 g/mol. The summed E-state index contributed by atoms with van der Waals surface area (Å²) in [5, 5.41) is 6.28. The molecule has 3 rings (SSSR count). The molecule has 4 N–H and O–H groups in total. The highest BCUT2D eigenvalue weighted by Gasteiger charge is 2.22. The molecule has 8 heteroatoms. The molecule has 0 bridgehead atoms. The summed E-state index contributed by atoms with van der Waals surface area (Å²) in [4.78, 5) is 27.0. The highest BCUT2D eigenvalue weighted by atomic mass is 19.1. The van der Waals surface area contributed by atoms with Gasteiger partial charge in [0.1, 0.15) is 5.82 Å². The Labute approximate surface area is 251 Å². The molecule has 0 aliphatic carbocycles. The average Bonchev–Trinajstić information content (AvgIpc) is 2.96. The van der Waals surface area contributed by atoms with Crippen LogP contribution >= 0.6 is 0 Å². The Morgan fingerprint density at radius 2 is 1.71 bits per heavy atom. The number of likely N-dealkylation sites (tertiary alicyclic amines) is 1. The number of nitrogens with zero attached hydrogens (tertiary/aromatic N) is 2. The van der Waals surface area contributed by atoms with Gasteiger partial charge in [0.05, 0.1) is 0 Å². The maximum absolute atomic E-state index is 13.0. The maximum atomic E-state index is 13.0. The lowest BCUT2D eigenvalue weighted by atomic mass is 9.89. The highest BCUT2D eigenvalue weighted by molar-refractivity contribution is 5.91. The Kier molecular flexibility index (Phi) is 14.5. The Bertz CT molecular complexity index is 1260. The van der Waals surface area contributed by atoms with Crippen molar-refractivity contribution in [3.8, 4) is 0 Å². The van der Waals surface area contributed by atoms with E-state index in [1.807, 2.05) is 71.4 Å². The predicted octanol–water partition coefficient (Wildman–Crippen LogP) is 6.91. The van der Waals surface area contributed by atoms with Gasteiger partial charge in [-0.05, 0) is 108 Å². The number of hydrogen-bond donors (Lipinski definition) is 3. The summed E-state index contributed by atoms with van der Waals surface area (Å²) in [5.74, 6) is 0.172. The van der Waals surface area contributed by atoms with E-state index in [-0.39, 0.29) is 17.8 Å². The number of anilines is 1. The maximum Gasteiger partial charge on any atom is 0.314 e. The van der Waals surface area contributed by atoms with Crippen LogP contribution in [0.4, 0.5) is 14.9 Å².